The van der Waals surface area contributed by atoms with E-state index in [9.17, 15) is 9.50 Å². The van der Waals surface area contributed by atoms with Crippen molar-refractivity contribution >= 4 is 0 Å². The molecular formula is C23H27FN2O2. The van der Waals surface area contributed by atoms with Gasteiger partial charge in [0.2, 0.25) is 0 Å². The molecule has 28 heavy (non-hydrogen) atoms. The van der Waals surface area contributed by atoms with E-state index in [4.69, 9.17) is 4.74 Å². The molecule has 0 spiro atoms. The van der Waals surface area contributed by atoms with Gasteiger partial charge in [0.15, 0.2) is 0 Å². The van der Waals surface area contributed by atoms with Crippen LogP contribution in [0.25, 0.3) is 0 Å². The van der Waals surface area contributed by atoms with Gasteiger partial charge in [-0.25, -0.2) is 0 Å². The van der Waals surface area contributed by atoms with Crippen molar-refractivity contribution in [1.82, 2.24) is 10.2 Å². The first kappa shape index (κ1) is 19.0. The summed E-state index contributed by atoms with van der Waals surface area (Å²) in [6.07, 6.45) is 2.81. The molecule has 0 aliphatic carbocycles. The standard InChI is InChI=1S/C23H27FN2O2/c1-2-23(22-8-5-20(27)13-18(22)9-10-25-23)19-3-6-21(7-4-19)28-12-11-26-15-17(14-24)16-26/h2-8,13,17,25,27H,1,9-12,14-16H2/t23-/m0/s1. The summed E-state index contributed by atoms with van der Waals surface area (Å²) in [5.74, 6) is 1.33. The first-order valence-electron chi connectivity index (χ1n) is 9.87. The molecule has 2 aromatic carbocycles. The molecule has 1 atom stereocenters. The molecule has 2 aromatic rings. The maximum atomic E-state index is 12.5. The Kier molecular flexibility index (Phi) is 5.38. The Balaban J connectivity index is 1.45. The van der Waals surface area contributed by atoms with E-state index >= 15 is 0 Å². The number of nitrogens with zero attached hydrogens (tertiary/aromatic N) is 1. The molecular weight excluding hydrogens is 355 g/mol. The second kappa shape index (κ2) is 7.94. The highest BCUT2D eigenvalue weighted by Crippen LogP contribution is 2.37. The Morgan fingerprint density at radius 3 is 2.75 bits per heavy atom. The van der Waals surface area contributed by atoms with E-state index in [1.165, 1.54) is 0 Å². The van der Waals surface area contributed by atoms with E-state index in [0.717, 1.165) is 55.0 Å². The van der Waals surface area contributed by atoms with Gasteiger partial charge >= 0.3 is 0 Å². The molecule has 0 radical (unpaired) electrons. The highest BCUT2D eigenvalue weighted by molar-refractivity contribution is 5.51. The molecule has 0 unspecified atom stereocenters. The summed E-state index contributed by atoms with van der Waals surface area (Å²) in [5, 5.41) is 13.4. The molecule has 0 saturated carbocycles. The Morgan fingerprint density at radius 2 is 2.04 bits per heavy atom. The van der Waals surface area contributed by atoms with Crippen LogP contribution in [-0.2, 0) is 12.0 Å². The lowest BCUT2D eigenvalue weighted by Gasteiger charge is -2.38. The number of hydrogen-bond donors (Lipinski definition) is 2. The number of ether oxygens (including phenoxy) is 1. The lowest BCUT2D eigenvalue weighted by Crippen LogP contribution is -2.49. The number of hydrogen-bond acceptors (Lipinski definition) is 4. The minimum Gasteiger partial charge on any atom is -0.508 e. The van der Waals surface area contributed by atoms with Gasteiger partial charge in [-0.05, 0) is 47.4 Å². The van der Waals surface area contributed by atoms with Crippen molar-refractivity contribution in [3.05, 3.63) is 71.8 Å². The van der Waals surface area contributed by atoms with Gasteiger partial charge in [0.1, 0.15) is 18.1 Å². The number of halogens is 1. The Labute approximate surface area is 165 Å². The van der Waals surface area contributed by atoms with E-state index in [-0.39, 0.29) is 12.6 Å². The van der Waals surface area contributed by atoms with Gasteiger partial charge in [-0.2, -0.15) is 0 Å². The number of phenols is 1. The number of rotatable bonds is 7. The minimum atomic E-state index is -0.473. The van der Waals surface area contributed by atoms with Crippen LogP contribution in [0.2, 0.25) is 0 Å². The van der Waals surface area contributed by atoms with Crippen LogP contribution in [0, 0.1) is 5.92 Å². The van der Waals surface area contributed by atoms with Crippen molar-refractivity contribution in [2.45, 2.75) is 12.0 Å². The van der Waals surface area contributed by atoms with Gasteiger partial charge in [0.25, 0.3) is 0 Å². The van der Waals surface area contributed by atoms with Crippen molar-refractivity contribution in [3.8, 4) is 11.5 Å². The van der Waals surface area contributed by atoms with Crippen LogP contribution in [0.3, 0.4) is 0 Å². The third-order valence-corrected chi connectivity index (χ3v) is 5.85. The van der Waals surface area contributed by atoms with E-state index in [2.05, 4.69) is 28.9 Å². The zero-order valence-corrected chi connectivity index (χ0v) is 16.0. The van der Waals surface area contributed by atoms with Gasteiger partial charge in [-0.15, -0.1) is 6.58 Å². The third-order valence-electron chi connectivity index (χ3n) is 5.85. The maximum Gasteiger partial charge on any atom is 0.119 e. The maximum absolute atomic E-state index is 12.5. The largest absolute Gasteiger partial charge is 0.508 e. The zero-order valence-electron chi connectivity index (χ0n) is 16.0. The average molecular weight is 382 g/mol. The predicted molar refractivity (Wildman–Crippen MR) is 109 cm³/mol. The number of alkyl halides is 1. The van der Waals surface area contributed by atoms with Crippen LogP contribution in [-0.4, -0.2) is 49.5 Å². The lowest BCUT2D eigenvalue weighted by atomic mass is 9.77. The van der Waals surface area contributed by atoms with Gasteiger partial charge in [-0.3, -0.25) is 9.29 Å². The number of nitrogens with one attached hydrogen (secondary N) is 1. The molecule has 4 rings (SSSR count). The fourth-order valence-corrected chi connectivity index (χ4v) is 4.28. The quantitative estimate of drug-likeness (QED) is 0.722. The normalized spacial score (nSPS) is 22.3. The molecule has 5 heteroatoms. The summed E-state index contributed by atoms with van der Waals surface area (Å²) in [4.78, 5) is 2.21. The van der Waals surface area contributed by atoms with E-state index in [0.29, 0.717) is 12.4 Å². The molecule has 0 bridgehead atoms. The Hall–Kier alpha value is -2.37. The minimum absolute atomic E-state index is 0.210. The molecule has 2 heterocycles. The van der Waals surface area contributed by atoms with Crippen LogP contribution in [0.5, 0.6) is 11.5 Å². The van der Waals surface area contributed by atoms with Crippen molar-refractivity contribution in [1.29, 1.82) is 0 Å². The van der Waals surface area contributed by atoms with Crippen molar-refractivity contribution in [2.24, 2.45) is 5.92 Å². The molecule has 2 N–H and O–H groups in total. The fraction of sp³-hybridized carbons (Fsp3) is 0.391. The first-order chi connectivity index (χ1) is 13.6. The summed E-state index contributed by atoms with van der Waals surface area (Å²) < 4.78 is 18.3. The van der Waals surface area contributed by atoms with E-state index in [1.54, 1.807) is 6.07 Å². The Morgan fingerprint density at radius 1 is 1.25 bits per heavy atom. The van der Waals surface area contributed by atoms with Crippen LogP contribution in [0.15, 0.2) is 55.1 Å². The molecule has 2 aliphatic rings. The van der Waals surface area contributed by atoms with Gasteiger partial charge in [-0.1, -0.05) is 24.3 Å². The summed E-state index contributed by atoms with van der Waals surface area (Å²) in [6, 6.07) is 13.6. The highest BCUT2D eigenvalue weighted by atomic mass is 19.1. The smallest absolute Gasteiger partial charge is 0.119 e. The molecule has 2 aliphatic heterocycles. The summed E-state index contributed by atoms with van der Waals surface area (Å²) >= 11 is 0. The van der Waals surface area contributed by atoms with E-state index < -0.39 is 5.54 Å². The first-order valence-corrected chi connectivity index (χ1v) is 9.87. The molecule has 4 nitrogen and oxygen atoms in total. The second-order valence-corrected chi connectivity index (χ2v) is 7.68. The monoisotopic (exact) mass is 382 g/mol. The summed E-state index contributed by atoms with van der Waals surface area (Å²) in [5.41, 5.74) is 2.88. The molecule has 1 saturated heterocycles. The van der Waals surface area contributed by atoms with Crippen molar-refractivity contribution < 1.29 is 14.2 Å². The number of likely N-dealkylation sites (tertiary alicyclic amines) is 1. The van der Waals surface area contributed by atoms with E-state index in [1.807, 2.05) is 30.3 Å². The summed E-state index contributed by atoms with van der Waals surface area (Å²) in [7, 11) is 0. The SMILES string of the molecule is C=C[C@@]1(c2ccc(OCCN3CC(CF)C3)cc2)NCCc2cc(O)ccc21. The molecule has 148 valence electrons. The number of aromatic hydroxyl groups is 1. The van der Waals surface area contributed by atoms with Crippen molar-refractivity contribution in [3.63, 3.8) is 0 Å². The second-order valence-electron chi connectivity index (χ2n) is 7.68. The van der Waals surface area contributed by atoms with Gasteiger partial charge in [0, 0.05) is 32.1 Å². The molecule has 1 fully saturated rings. The molecule has 0 aromatic heterocycles. The van der Waals surface area contributed by atoms with Gasteiger partial charge < -0.3 is 15.2 Å². The predicted octanol–water partition coefficient (Wildman–Crippen LogP) is 3.25. The average Bonchev–Trinajstić information content (AvgIpc) is 2.69. The van der Waals surface area contributed by atoms with Crippen LogP contribution in [0.4, 0.5) is 4.39 Å². The number of fused-ring (bicyclic) bond motifs is 1. The summed E-state index contributed by atoms with van der Waals surface area (Å²) in [6.45, 7) is 7.78. The van der Waals surface area contributed by atoms with Crippen LogP contribution in [0.1, 0.15) is 16.7 Å². The number of benzene rings is 2. The fourth-order valence-electron chi connectivity index (χ4n) is 4.28. The number of phenolic OH excluding ortho intramolecular Hbond substituents is 1. The zero-order chi connectivity index (χ0) is 19.6. The third kappa shape index (κ3) is 3.52. The van der Waals surface area contributed by atoms with Crippen molar-refractivity contribution in [2.75, 3.05) is 39.5 Å². The molecule has 0 amide bonds. The lowest BCUT2D eigenvalue weighted by molar-refractivity contribution is 0.0668. The van der Waals surface area contributed by atoms with Gasteiger partial charge in [0.05, 0.1) is 12.2 Å². The highest BCUT2D eigenvalue weighted by Gasteiger charge is 2.35. The van der Waals surface area contributed by atoms with Crippen LogP contribution >= 0.6 is 0 Å². The van der Waals surface area contributed by atoms with Crippen LogP contribution < -0.4 is 10.1 Å². The Bertz CT molecular complexity index is 833. The topological polar surface area (TPSA) is 44.7 Å².